The van der Waals surface area contributed by atoms with E-state index in [-0.39, 0.29) is 16.4 Å². The molecule has 0 aliphatic carbocycles. The minimum Gasteiger partial charge on any atom is -0.378 e. The first-order valence-corrected chi connectivity index (χ1v) is 8.61. The number of alkyl halides is 3. The summed E-state index contributed by atoms with van der Waals surface area (Å²) in [6, 6.07) is 6.48. The molecular weight excluding hydrogens is 355 g/mol. The second-order valence-electron chi connectivity index (χ2n) is 5.57. The number of halogens is 3. The maximum absolute atomic E-state index is 13.1. The summed E-state index contributed by atoms with van der Waals surface area (Å²) in [6.45, 7) is 3.59. The second-order valence-corrected chi connectivity index (χ2v) is 6.89. The fraction of sp³-hybridized carbons (Fsp3) is 0.438. The molecule has 5 nitrogen and oxygen atoms in total. The van der Waals surface area contributed by atoms with E-state index in [1.54, 1.807) is 30.0 Å². The SMILES string of the molecule is C[C@@H](Sc1nc(C(F)(F)F)nc2ccccc12)C(=O)N1CCOCC1. The monoisotopic (exact) mass is 371 g/mol. The molecule has 1 aliphatic heterocycles. The summed E-state index contributed by atoms with van der Waals surface area (Å²) in [7, 11) is 0. The van der Waals surface area contributed by atoms with E-state index >= 15 is 0 Å². The van der Waals surface area contributed by atoms with Gasteiger partial charge in [-0.1, -0.05) is 30.0 Å². The number of ether oxygens (including phenoxy) is 1. The predicted octanol–water partition coefficient (Wildman–Crippen LogP) is 2.99. The summed E-state index contributed by atoms with van der Waals surface area (Å²) < 4.78 is 44.4. The molecule has 1 amide bonds. The summed E-state index contributed by atoms with van der Waals surface area (Å²) in [5.41, 5.74) is 0.207. The van der Waals surface area contributed by atoms with Gasteiger partial charge in [0.2, 0.25) is 11.7 Å². The Labute approximate surface area is 146 Å². The standard InChI is InChI=1S/C16H16F3N3O2S/c1-10(14(23)22-6-8-24-9-7-22)25-13-11-4-2-3-5-12(11)20-15(21-13)16(17,18)19/h2-5,10H,6-9H2,1H3/t10-/m1/s1. The van der Waals surface area contributed by atoms with Crippen LogP contribution in [0.4, 0.5) is 13.2 Å². The molecule has 0 spiro atoms. The highest BCUT2D eigenvalue weighted by Gasteiger charge is 2.36. The number of fused-ring (bicyclic) bond motifs is 1. The number of rotatable bonds is 3. The van der Waals surface area contributed by atoms with E-state index in [4.69, 9.17) is 4.74 Å². The molecular formula is C16H16F3N3O2S. The number of thioether (sulfide) groups is 1. The number of benzene rings is 1. The van der Waals surface area contributed by atoms with Crippen molar-refractivity contribution >= 4 is 28.6 Å². The van der Waals surface area contributed by atoms with Crippen LogP contribution in [0.5, 0.6) is 0 Å². The van der Waals surface area contributed by atoms with Crippen molar-refractivity contribution in [2.75, 3.05) is 26.3 Å². The molecule has 0 radical (unpaired) electrons. The normalized spacial score (nSPS) is 16.9. The van der Waals surface area contributed by atoms with E-state index < -0.39 is 17.3 Å². The van der Waals surface area contributed by atoms with Crippen molar-refractivity contribution in [1.29, 1.82) is 0 Å². The van der Waals surface area contributed by atoms with Crippen LogP contribution >= 0.6 is 11.8 Å². The molecule has 0 unspecified atom stereocenters. The van der Waals surface area contributed by atoms with Crippen molar-refractivity contribution < 1.29 is 22.7 Å². The van der Waals surface area contributed by atoms with Crippen LogP contribution in [0.15, 0.2) is 29.3 Å². The number of hydrogen-bond donors (Lipinski definition) is 0. The van der Waals surface area contributed by atoms with Crippen LogP contribution in [0.2, 0.25) is 0 Å². The average molecular weight is 371 g/mol. The molecule has 1 aromatic carbocycles. The van der Waals surface area contributed by atoms with Crippen LogP contribution in [0.1, 0.15) is 12.7 Å². The summed E-state index contributed by atoms with van der Waals surface area (Å²) in [5, 5.41) is 0.103. The molecule has 0 bridgehead atoms. The molecule has 1 aliphatic rings. The Kier molecular flexibility index (Phi) is 5.14. The first-order chi connectivity index (χ1) is 11.9. The Hall–Kier alpha value is -1.87. The Balaban J connectivity index is 1.90. The van der Waals surface area contributed by atoms with Gasteiger partial charge in [0.15, 0.2) is 0 Å². The van der Waals surface area contributed by atoms with Crippen molar-refractivity contribution in [3.8, 4) is 0 Å². The van der Waals surface area contributed by atoms with Crippen molar-refractivity contribution in [2.24, 2.45) is 0 Å². The highest BCUT2D eigenvalue weighted by Crippen LogP contribution is 2.34. The third kappa shape index (κ3) is 4.04. The number of amides is 1. The van der Waals surface area contributed by atoms with E-state index in [1.807, 2.05) is 0 Å². The van der Waals surface area contributed by atoms with Gasteiger partial charge in [-0.25, -0.2) is 9.97 Å². The van der Waals surface area contributed by atoms with Gasteiger partial charge in [0.25, 0.3) is 0 Å². The third-order valence-electron chi connectivity index (χ3n) is 3.78. The van der Waals surface area contributed by atoms with E-state index in [1.165, 1.54) is 6.07 Å². The molecule has 1 saturated heterocycles. The smallest absolute Gasteiger partial charge is 0.378 e. The predicted molar refractivity (Wildman–Crippen MR) is 87.3 cm³/mol. The van der Waals surface area contributed by atoms with Crippen LogP contribution < -0.4 is 0 Å². The second kappa shape index (κ2) is 7.17. The summed E-state index contributed by atoms with van der Waals surface area (Å²) in [4.78, 5) is 21.4. The lowest BCUT2D eigenvalue weighted by molar-refractivity contribution is -0.145. The van der Waals surface area contributed by atoms with Crippen LogP contribution in [-0.2, 0) is 15.7 Å². The lowest BCUT2D eigenvalue weighted by Gasteiger charge is -2.29. The van der Waals surface area contributed by atoms with Crippen molar-refractivity contribution in [3.05, 3.63) is 30.1 Å². The molecule has 1 aromatic heterocycles. The van der Waals surface area contributed by atoms with Gasteiger partial charge in [-0.2, -0.15) is 13.2 Å². The Bertz CT molecular complexity index is 779. The molecule has 134 valence electrons. The van der Waals surface area contributed by atoms with Crippen molar-refractivity contribution in [3.63, 3.8) is 0 Å². The summed E-state index contributed by atoms with van der Waals surface area (Å²) in [5.74, 6) is -1.33. The quantitative estimate of drug-likeness (QED) is 0.613. The fourth-order valence-corrected chi connectivity index (χ4v) is 3.55. The number of carbonyl (C=O) groups excluding carboxylic acids is 1. The van der Waals surface area contributed by atoms with Gasteiger partial charge in [0, 0.05) is 18.5 Å². The maximum atomic E-state index is 13.1. The van der Waals surface area contributed by atoms with Gasteiger partial charge in [0.1, 0.15) is 5.03 Å². The molecule has 25 heavy (non-hydrogen) atoms. The van der Waals surface area contributed by atoms with Gasteiger partial charge in [-0.15, -0.1) is 0 Å². The molecule has 2 aromatic rings. The molecule has 0 N–H and O–H groups in total. The lowest BCUT2D eigenvalue weighted by atomic mass is 10.2. The Morgan fingerprint density at radius 2 is 1.92 bits per heavy atom. The fourth-order valence-electron chi connectivity index (χ4n) is 2.52. The Morgan fingerprint density at radius 1 is 1.24 bits per heavy atom. The number of aromatic nitrogens is 2. The third-order valence-corrected chi connectivity index (χ3v) is 4.87. The number of carbonyl (C=O) groups is 1. The largest absolute Gasteiger partial charge is 0.451 e. The Morgan fingerprint density at radius 3 is 2.60 bits per heavy atom. The van der Waals surface area contributed by atoms with Gasteiger partial charge in [-0.3, -0.25) is 4.79 Å². The highest BCUT2D eigenvalue weighted by molar-refractivity contribution is 8.00. The van der Waals surface area contributed by atoms with Crippen LogP contribution in [0.25, 0.3) is 10.9 Å². The number of nitrogens with zero attached hydrogens (tertiary/aromatic N) is 3. The molecule has 1 fully saturated rings. The van der Waals surface area contributed by atoms with Gasteiger partial charge in [-0.05, 0) is 13.0 Å². The van der Waals surface area contributed by atoms with Crippen molar-refractivity contribution in [1.82, 2.24) is 14.9 Å². The average Bonchev–Trinajstić information content (AvgIpc) is 2.61. The molecule has 3 rings (SSSR count). The minimum absolute atomic E-state index is 0.135. The van der Waals surface area contributed by atoms with Gasteiger partial charge in [0.05, 0.1) is 24.0 Å². The zero-order valence-corrected chi connectivity index (χ0v) is 14.2. The highest BCUT2D eigenvalue weighted by atomic mass is 32.2. The molecule has 9 heteroatoms. The molecule has 1 atom stereocenters. The van der Waals surface area contributed by atoms with Crippen LogP contribution in [0, 0.1) is 0 Å². The zero-order valence-electron chi connectivity index (χ0n) is 13.4. The number of para-hydroxylation sites is 1. The van der Waals surface area contributed by atoms with Gasteiger partial charge >= 0.3 is 6.18 Å². The number of hydrogen-bond acceptors (Lipinski definition) is 5. The molecule has 2 heterocycles. The first kappa shape index (κ1) is 17.9. The minimum atomic E-state index is -4.64. The topological polar surface area (TPSA) is 55.3 Å². The summed E-state index contributed by atoms with van der Waals surface area (Å²) in [6.07, 6.45) is -4.64. The summed E-state index contributed by atoms with van der Waals surface area (Å²) >= 11 is 1.02. The number of morpholine rings is 1. The van der Waals surface area contributed by atoms with E-state index in [0.717, 1.165) is 11.8 Å². The maximum Gasteiger partial charge on any atom is 0.451 e. The molecule has 0 saturated carbocycles. The van der Waals surface area contributed by atoms with Crippen LogP contribution in [-0.4, -0.2) is 52.3 Å². The van der Waals surface area contributed by atoms with Crippen LogP contribution in [0.3, 0.4) is 0 Å². The van der Waals surface area contributed by atoms with E-state index in [0.29, 0.717) is 31.7 Å². The first-order valence-electron chi connectivity index (χ1n) is 7.73. The van der Waals surface area contributed by atoms with E-state index in [2.05, 4.69) is 9.97 Å². The van der Waals surface area contributed by atoms with E-state index in [9.17, 15) is 18.0 Å². The van der Waals surface area contributed by atoms with Crippen molar-refractivity contribution in [2.45, 2.75) is 23.4 Å². The van der Waals surface area contributed by atoms with Gasteiger partial charge < -0.3 is 9.64 Å². The lowest BCUT2D eigenvalue weighted by Crippen LogP contribution is -2.44. The zero-order chi connectivity index (χ0) is 18.0.